The first kappa shape index (κ1) is 17.0. The third-order valence-corrected chi connectivity index (χ3v) is 4.66. The summed E-state index contributed by atoms with van der Waals surface area (Å²) in [7, 11) is 0. The van der Waals surface area contributed by atoms with E-state index in [2.05, 4.69) is 6.92 Å². The average molecular weight is 284 g/mol. The third-order valence-electron chi connectivity index (χ3n) is 4.66. The van der Waals surface area contributed by atoms with Gasteiger partial charge in [0.2, 0.25) is 5.91 Å². The summed E-state index contributed by atoms with van der Waals surface area (Å²) in [5, 5.41) is 9.01. The molecule has 0 aromatic carbocycles. The monoisotopic (exact) mass is 284 g/mol. The van der Waals surface area contributed by atoms with Crippen molar-refractivity contribution in [3.63, 3.8) is 0 Å². The van der Waals surface area contributed by atoms with Crippen LogP contribution in [0.3, 0.4) is 0 Å². The molecular weight excluding hydrogens is 256 g/mol. The Hall–Kier alpha value is -1.10. The normalized spacial score (nSPS) is 27.9. The van der Waals surface area contributed by atoms with Gasteiger partial charge in [-0.25, -0.2) is 0 Å². The number of rotatable bonds is 6. The van der Waals surface area contributed by atoms with Crippen LogP contribution in [-0.4, -0.2) is 41.5 Å². The number of amides is 1. The van der Waals surface area contributed by atoms with E-state index >= 15 is 0 Å². The number of carbonyl (C=O) groups is 2. The quantitative estimate of drug-likeness (QED) is 0.777. The highest BCUT2D eigenvalue weighted by Gasteiger charge is 2.42. The van der Waals surface area contributed by atoms with E-state index in [0.29, 0.717) is 19.0 Å². The molecule has 5 nitrogen and oxygen atoms in total. The second-order valence-corrected chi connectivity index (χ2v) is 6.25. The van der Waals surface area contributed by atoms with Crippen LogP contribution in [0.25, 0.3) is 0 Å². The standard InChI is InChI=1S/C15H28N2O3/c1-4-17(9-12(3)13(18)19)14(20)15(10-16)7-5-11(2)6-8-15/h11-12H,4-10,16H2,1-3H3,(H,18,19). The Bertz CT molecular complexity index is 349. The Kier molecular flexibility index (Phi) is 5.99. The van der Waals surface area contributed by atoms with Gasteiger partial charge in [0.25, 0.3) is 0 Å². The molecular formula is C15H28N2O3. The minimum atomic E-state index is -0.865. The van der Waals surface area contributed by atoms with Gasteiger partial charge in [-0.15, -0.1) is 0 Å². The van der Waals surface area contributed by atoms with Crippen molar-refractivity contribution >= 4 is 11.9 Å². The largest absolute Gasteiger partial charge is 0.481 e. The molecule has 1 unspecified atom stereocenters. The second kappa shape index (κ2) is 7.07. The molecule has 1 amide bonds. The van der Waals surface area contributed by atoms with Gasteiger partial charge < -0.3 is 15.7 Å². The molecule has 20 heavy (non-hydrogen) atoms. The van der Waals surface area contributed by atoms with E-state index in [9.17, 15) is 9.59 Å². The number of carboxylic acids is 1. The molecule has 3 N–H and O–H groups in total. The minimum Gasteiger partial charge on any atom is -0.481 e. The van der Waals surface area contributed by atoms with E-state index in [0.717, 1.165) is 25.7 Å². The smallest absolute Gasteiger partial charge is 0.308 e. The van der Waals surface area contributed by atoms with Gasteiger partial charge in [-0.3, -0.25) is 9.59 Å². The van der Waals surface area contributed by atoms with Crippen LogP contribution in [0.4, 0.5) is 0 Å². The fraction of sp³-hybridized carbons (Fsp3) is 0.867. The van der Waals surface area contributed by atoms with Crippen molar-refractivity contribution in [1.82, 2.24) is 4.90 Å². The predicted octanol–water partition coefficient (Wildman–Crippen LogP) is 1.71. The summed E-state index contributed by atoms with van der Waals surface area (Å²) in [5.41, 5.74) is 5.43. The Morgan fingerprint density at radius 2 is 1.95 bits per heavy atom. The summed E-state index contributed by atoms with van der Waals surface area (Å²) in [6, 6.07) is 0. The predicted molar refractivity (Wildman–Crippen MR) is 78.2 cm³/mol. The van der Waals surface area contributed by atoms with Crippen LogP contribution in [0.2, 0.25) is 0 Å². The fourth-order valence-electron chi connectivity index (χ4n) is 2.92. The zero-order valence-corrected chi connectivity index (χ0v) is 12.9. The number of nitrogens with zero attached hydrogens (tertiary/aromatic N) is 1. The topological polar surface area (TPSA) is 83.6 Å². The third kappa shape index (κ3) is 3.72. The number of nitrogens with two attached hydrogens (primary N) is 1. The van der Waals surface area contributed by atoms with Crippen LogP contribution in [0.5, 0.6) is 0 Å². The van der Waals surface area contributed by atoms with E-state index in [1.165, 1.54) is 0 Å². The maximum absolute atomic E-state index is 12.8. The Morgan fingerprint density at radius 3 is 2.35 bits per heavy atom. The molecule has 0 saturated heterocycles. The van der Waals surface area contributed by atoms with Gasteiger partial charge in [0.05, 0.1) is 11.3 Å². The Morgan fingerprint density at radius 1 is 1.40 bits per heavy atom. The molecule has 0 aromatic rings. The number of carbonyl (C=O) groups excluding carboxylic acids is 1. The molecule has 0 bridgehead atoms. The van der Waals surface area contributed by atoms with Gasteiger partial charge in [-0.05, 0) is 38.5 Å². The van der Waals surface area contributed by atoms with Crippen LogP contribution in [0.1, 0.15) is 46.5 Å². The maximum Gasteiger partial charge on any atom is 0.308 e. The lowest BCUT2D eigenvalue weighted by atomic mass is 9.70. The molecule has 1 rings (SSSR count). The highest BCUT2D eigenvalue weighted by Crippen LogP contribution is 2.39. The first-order valence-corrected chi connectivity index (χ1v) is 7.58. The van der Waals surface area contributed by atoms with Crippen molar-refractivity contribution in [3.05, 3.63) is 0 Å². The Balaban J connectivity index is 2.80. The van der Waals surface area contributed by atoms with E-state index in [-0.39, 0.29) is 12.5 Å². The van der Waals surface area contributed by atoms with Crippen molar-refractivity contribution in [3.8, 4) is 0 Å². The summed E-state index contributed by atoms with van der Waals surface area (Å²) in [6.07, 6.45) is 3.69. The SMILES string of the molecule is CCN(CC(C)C(=O)O)C(=O)C1(CN)CCC(C)CC1. The van der Waals surface area contributed by atoms with Gasteiger partial charge in [0, 0.05) is 19.6 Å². The zero-order valence-electron chi connectivity index (χ0n) is 12.9. The molecule has 1 aliphatic carbocycles. The van der Waals surface area contributed by atoms with E-state index in [1.54, 1.807) is 11.8 Å². The van der Waals surface area contributed by atoms with Crippen LogP contribution >= 0.6 is 0 Å². The Labute approximate surface area is 121 Å². The molecule has 1 atom stereocenters. The van der Waals surface area contributed by atoms with Gasteiger partial charge in [-0.2, -0.15) is 0 Å². The molecule has 0 spiro atoms. The lowest BCUT2D eigenvalue weighted by Crippen LogP contribution is -2.51. The molecule has 1 aliphatic rings. The molecule has 5 heteroatoms. The lowest BCUT2D eigenvalue weighted by molar-refractivity contribution is -0.147. The maximum atomic E-state index is 12.8. The van der Waals surface area contributed by atoms with Gasteiger partial charge in [-0.1, -0.05) is 13.8 Å². The van der Waals surface area contributed by atoms with Gasteiger partial charge in [0.1, 0.15) is 0 Å². The van der Waals surface area contributed by atoms with Crippen molar-refractivity contribution in [2.24, 2.45) is 23.0 Å². The summed E-state index contributed by atoms with van der Waals surface area (Å²) >= 11 is 0. The molecule has 1 saturated carbocycles. The zero-order chi connectivity index (χ0) is 15.3. The fourth-order valence-corrected chi connectivity index (χ4v) is 2.92. The summed E-state index contributed by atoms with van der Waals surface area (Å²) in [5.74, 6) is -0.718. The van der Waals surface area contributed by atoms with Crippen LogP contribution < -0.4 is 5.73 Å². The first-order valence-electron chi connectivity index (χ1n) is 7.58. The number of carboxylic acid groups (broad SMARTS) is 1. The number of hydrogen-bond donors (Lipinski definition) is 2. The molecule has 0 heterocycles. The summed E-state index contributed by atoms with van der Waals surface area (Å²) in [4.78, 5) is 25.4. The van der Waals surface area contributed by atoms with Gasteiger partial charge >= 0.3 is 5.97 Å². The first-order chi connectivity index (χ1) is 9.36. The van der Waals surface area contributed by atoms with E-state index in [1.807, 2.05) is 6.92 Å². The minimum absolute atomic E-state index is 0.0440. The van der Waals surface area contributed by atoms with Crippen LogP contribution in [-0.2, 0) is 9.59 Å². The van der Waals surface area contributed by atoms with Gasteiger partial charge in [0.15, 0.2) is 0 Å². The van der Waals surface area contributed by atoms with E-state index in [4.69, 9.17) is 10.8 Å². The second-order valence-electron chi connectivity index (χ2n) is 6.25. The number of aliphatic carboxylic acids is 1. The molecule has 0 aromatic heterocycles. The van der Waals surface area contributed by atoms with Crippen molar-refractivity contribution in [2.75, 3.05) is 19.6 Å². The van der Waals surface area contributed by atoms with Crippen LogP contribution in [0, 0.1) is 17.3 Å². The van der Waals surface area contributed by atoms with Crippen LogP contribution in [0.15, 0.2) is 0 Å². The highest BCUT2D eigenvalue weighted by molar-refractivity contribution is 5.83. The summed E-state index contributed by atoms with van der Waals surface area (Å²) < 4.78 is 0. The molecule has 1 fully saturated rings. The lowest BCUT2D eigenvalue weighted by Gasteiger charge is -2.40. The van der Waals surface area contributed by atoms with Crippen molar-refractivity contribution in [2.45, 2.75) is 46.5 Å². The molecule has 116 valence electrons. The van der Waals surface area contributed by atoms with E-state index < -0.39 is 17.3 Å². The number of hydrogen-bond acceptors (Lipinski definition) is 3. The average Bonchev–Trinajstić information content (AvgIpc) is 2.44. The molecule has 0 aliphatic heterocycles. The summed E-state index contributed by atoms with van der Waals surface area (Å²) in [6.45, 7) is 6.89. The molecule has 0 radical (unpaired) electrons. The van der Waals surface area contributed by atoms with Crippen molar-refractivity contribution < 1.29 is 14.7 Å². The van der Waals surface area contributed by atoms with Crippen molar-refractivity contribution in [1.29, 1.82) is 0 Å². The highest BCUT2D eigenvalue weighted by atomic mass is 16.4.